The molecular weight excluding hydrogens is 234 g/mol. The zero-order valence-electron chi connectivity index (χ0n) is 10.3. The lowest BCUT2D eigenvalue weighted by molar-refractivity contribution is -0.124. The van der Waals surface area contributed by atoms with E-state index in [0.717, 1.165) is 0 Å². The van der Waals surface area contributed by atoms with E-state index in [1.165, 1.54) is 6.20 Å². The average molecular weight is 249 g/mol. The van der Waals surface area contributed by atoms with Crippen molar-refractivity contribution < 1.29 is 4.79 Å². The van der Waals surface area contributed by atoms with Crippen LogP contribution in [-0.4, -0.2) is 29.0 Å². The van der Waals surface area contributed by atoms with Gasteiger partial charge in [-0.3, -0.25) is 20.1 Å². The summed E-state index contributed by atoms with van der Waals surface area (Å²) in [6.07, 6.45) is 3.04. The molecule has 0 saturated carbocycles. The third-order valence-corrected chi connectivity index (χ3v) is 2.60. The van der Waals surface area contributed by atoms with Gasteiger partial charge in [0.05, 0.1) is 11.4 Å². The molecule has 0 fully saturated rings. The van der Waals surface area contributed by atoms with Crippen molar-refractivity contribution in [2.45, 2.75) is 19.4 Å². The van der Waals surface area contributed by atoms with Crippen LogP contribution in [0, 0.1) is 6.92 Å². The van der Waals surface area contributed by atoms with Crippen LogP contribution in [0.5, 0.6) is 0 Å². The molecule has 96 valence electrons. The van der Waals surface area contributed by atoms with E-state index in [0.29, 0.717) is 17.9 Å². The van der Waals surface area contributed by atoms with Crippen molar-refractivity contribution in [1.29, 1.82) is 0 Å². The molecule has 3 N–H and O–H groups in total. The molecule has 18 heavy (non-hydrogen) atoms. The van der Waals surface area contributed by atoms with E-state index in [-0.39, 0.29) is 6.54 Å². The van der Waals surface area contributed by atoms with Crippen LogP contribution in [0.2, 0.25) is 0 Å². The minimum atomic E-state index is -1.14. The highest BCUT2D eigenvalue weighted by molar-refractivity contribution is 5.85. The van der Waals surface area contributed by atoms with Gasteiger partial charge in [-0.15, -0.1) is 0 Å². The highest BCUT2D eigenvalue weighted by atomic mass is 16.1. The van der Waals surface area contributed by atoms with Crippen molar-refractivity contribution in [1.82, 2.24) is 15.3 Å². The van der Waals surface area contributed by atoms with Crippen molar-refractivity contribution in [2.75, 3.05) is 13.1 Å². The smallest absolute Gasteiger partial charge is 0.243 e. The van der Waals surface area contributed by atoms with Crippen molar-refractivity contribution in [2.24, 2.45) is 10.8 Å². The van der Waals surface area contributed by atoms with Gasteiger partial charge in [-0.1, -0.05) is 5.11 Å². The first-order valence-corrected chi connectivity index (χ1v) is 5.36. The fourth-order valence-corrected chi connectivity index (χ4v) is 1.59. The second-order valence-corrected chi connectivity index (χ2v) is 3.86. The van der Waals surface area contributed by atoms with Crippen LogP contribution in [-0.2, 0) is 10.3 Å². The maximum Gasteiger partial charge on any atom is 0.243 e. The van der Waals surface area contributed by atoms with Crippen LogP contribution in [0.1, 0.15) is 18.3 Å². The summed E-state index contributed by atoms with van der Waals surface area (Å²) in [6, 6.07) is 0. The number of carbonyl (C=O) groups excluding carboxylic acids is 1. The van der Waals surface area contributed by atoms with Gasteiger partial charge in [0, 0.05) is 30.4 Å². The molecule has 0 aromatic carbocycles. The van der Waals surface area contributed by atoms with Crippen LogP contribution in [0.15, 0.2) is 17.5 Å². The average Bonchev–Trinajstić information content (AvgIpc) is 2.34. The van der Waals surface area contributed by atoms with E-state index in [9.17, 15) is 4.79 Å². The van der Waals surface area contributed by atoms with E-state index < -0.39 is 11.4 Å². The Morgan fingerprint density at radius 1 is 1.61 bits per heavy atom. The van der Waals surface area contributed by atoms with Crippen LogP contribution in [0.4, 0.5) is 0 Å². The van der Waals surface area contributed by atoms with Crippen LogP contribution in [0.25, 0.3) is 10.4 Å². The van der Waals surface area contributed by atoms with Gasteiger partial charge in [0.25, 0.3) is 0 Å². The Labute approximate surface area is 104 Å². The number of aryl methyl sites for hydroxylation is 1. The highest BCUT2D eigenvalue weighted by Crippen LogP contribution is 2.19. The molecule has 1 aromatic rings. The third-order valence-electron chi connectivity index (χ3n) is 2.60. The summed E-state index contributed by atoms with van der Waals surface area (Å²) < 4.78 is 0. The lowest BCUT2D eigenvalue weighted by Gasteiger charge is -2.27. The fourth-order valence-electron chi connectivity index (χ4n) is 1.59. The van der Waals surface area contributed by atoms with Gasteiger partial charge in [0.15, 0.2) is 0 Å². The predicted octanol–water partition coefficient (Wildman–Crippen LogP) is 0.385. The lowest BCUT2D eigenvalue weighted by atomic mass is 9.95. The first-order chi connectivity index (χ1) is 8.52. The van der Waals surface area contributed by atoms with Crippen LogP contribution < -0.4 is 11.1 Å². The summed E-state index contributed by atoms with van der Waals surface area (Å²) in [5, 5.41) is 6.33. The van der Waals surface area contributed by atoms with Crippen molar-refractivity contribution >= 4 is 5.91 Å². The SMILES string of the molecule is Cc1nccnc1C(C)(NCCN=[N+]=[N-])C(N)=O. The second kappa shape index (κ2) is 5.95. The highest BCUT2D eigenvalue weighted by Gasteiger charge is 2.35. The molecular formula is C10H15N7O. The number of nitrogens with two attached hydrogens (primary N) is 1. The molecule has 1 unspecified atom stereocenters. The van der Waals surface area contributed by atoms with Gasteiger partial charge in [-0.2, -0.15) is 0 Å². The lowest BCUT2D eigenvalue weighted by Crippen LogP contribution is -2.52. The number of primary amides is 1. The molecule has 1 atom stereocenters. The summed E-state index contributed by atoms with van der Waals surface area (Å²) in [4.78, 5) is 22.5. The van der Waals surface area contributed by atoms with E-state index in [2.05, 4.69) is 25.3 Å². The first-order valence-electron chi connectivity index (χ1n) is 5.36. The van der Waals surface area contributed by atoms with E-state index in [1.807, 2.05) is 0 Å². The van der Waals surface area contributed by atoms with Gasteiger partial charge < -0.3 is 5.73 Å². The maximum atomic E-state index is 11.6. The molecule has 0 spiro atoms. The first kappa shape index (κ1) is 13.9. The molecule has 1 rings (SSSR count). The molecule has 0 radical (unpaired) electrons. The van der Waals surface area contributed by atoms with E-state index in [4.69, 9.17) is 11.3 Å². The van der Waals surface area contributed by atoms with Gasteiger partial charge in [-0.05, 0) is 19.4 Å². The Balaban J connectivity index is 2.97. The second-order valence-electron chi connectivity index (χ2n) is 3.86. The summed E-state index contributed by atoms with van der Waals surface area (Å²) in [5.41, 5.74) is 13.6. The van der Waals surface area contributed by atoms with E-state index >= 15 is 0 Å². The number of rotatable bonds is 6. The quantitative estimate of drug-likeness (QED) is 0.326. The Kier molecular flexibility index (Phi) is 4.59. The summed E-state index contributed by atoms with van der Waals surface area (Å²) in [6.45, 7) is 3.92. The number of aromatic nitrogens is 2. The predicted molar refractivity (Wildman–Crippen MR) is 65.3 cm³/mol. The Morgan fingerprint density at radius 3 is 2.83 bits per heavy atom. The number of hydrogen-bond donors (Lipinski definition) is 2. The summed E-state index contributed by atoms with van der Waals surface area (Å²) >= 11 is 0. The fraction of sp³-hybridized carbons (Fsp3) is 0.500. The minimum absolute atomic E-state index is 0.221. The number of nitrogens with one attached hydrogen (secondary N) is 1. The van der Waals surface area contributed by atoms with Gasteiger partial charge in [-0.25, -0.2) is 0 Å². The zero-order valence-corrected chi connectivity index (χ0v) is 10.3. The third kappa shape index (κ3) is 2.93. The molecule has 1 heterocycles. The monoisotopic (exact) mass is 249 g/mol. The van der Waals surface area contributed by atoms with Crippen molar-refractivity contribution in [3.63, 3.8) is 0 Å². The number of azide groups is 1. The molecule has 0 aliphatic carbocycles. The standard InChI is InChI=1S/C10H15N7O/c1-7-8(14-4-3-13-7)10(2,9(11)18)15-5-6-16-17-12/h3-4,15H,5-6H2,1-2H3,(H2,11,18). The van der Waals surface area contributed by atoms with Crippen molar-refractivity contribution in [3.8, 4) is 0 Å². The number of nitrogens with zero attached hydrogens (tertiary/aromatic N) is 5. The Bertz CT molecular complexity index is 483. The molecule has 8 nitrogen and oxygen atoms in total. The molecule has 1 aromatic heterocycles. The molecule has 0 saturated heterocycles. The van der Waals surface area contributed by atoms with Crippen molar-refractivity contribution in [3.05, 3.63) is 34.2 Å². The van der Waals surface area contributed by atoms with E-state index in [1.54, 1.807) is 20.0 Å². The molecule has 0 bridgehead atoms. The van der Waals surface area contributed by atoms with Gasteiger partial charge in [0.2, 0.25) is 5.91 Å². The number of amides is 1. The topological polar surface area (TPSA) is 130 Å². The zero-order chi connectivity index (χ0) is 13.6. The molecule has 8 heteroatoms. The molecule has 0 aliphatic rings. The molecule has 1 amide bonds. The summed E-state index contributed by atoms with van der Waals surface area (Å²) in [5.74, 6) is -0.563. The Hall–Kier alpha value is -2.18. The largest absolute Gasteiger partial charge is 0.368 e. The van der Waals surface area contributed by atoms with Crippen LogP contribution in [0.3, 0.4) is 0 Å². The number of carbonyl (C=O) groups is 1. The molecule has 0 aliphatic heterocycles. The normalized spacial score (nSPS) is 13.4. The maximum absolute atomic E-state index is 11.6. The minimum Gasteiger partial charge on any atom is -0.368 e. The van der Waals surface area contributed by atoms with Gasteiger partial charge >= 0.3 is 0 Å². The Morgan fingerprint density at radius 2 is 2.28 bits per heavy atom. The summed E-state index contributed by atoms with van der Waals surface area (Å²) in [7, 11) is 0. The van der Waals surface area contributed by atoms with Gasteiger partial charge in [0.1, 0.15) is 5.54 Å². The number of hydrogen-bond acceptors (Lipinski definition) is 5. The van der Waals surface area contributed by atoms with Crippen LogP contribution >= 0.6 is 0 Å².